The Morgan fingerprint density at radius 1 is 1.38 bits per heavy atom. The van der Waals surface area contributed by atoms with Crippen LogP contribution >= 0.6 is 11.6 Å². The van der Waals surface area contributed by atoms with Gasteiger partial charge in [-0.1, -0.05) is 29.8 Å². The summed E-state index contributed by atoms with van der Waals surface area (Å²) in [6.45, 7) is 4.25. The molecule has 0 unspecified atom stereocenters. The van der Waals surface area contributed by atoms with E-state index in [1.54, 1.807) is 19.9 Å². The molecular formula is C15H18ClNO4. The van der Waals surface area contributed by atoms with Crippen LogP contribution in [0.25, 0.3) is 0 Å². The summed E-state index contributed by atoms with van der Waals surface area (Å²) in [4.78, 5) is 25.3. The molecule has 0 spiro atoms. The molecule has 6 heteroatoms. The van der Waals surface area contributed by atoms with E-state index in [0.717, 1.165) is 5.56 Å². The minimum absolute atomic E-state index is 0.0576. The lowest BCUT2D eigenvalue weighted by molar-refractivity contribution is -0.160. The van der Waals surface area contributed by atoms with Crippen molar-refractivity contribution in [1.29, 1.82) is 0 Å². The molecule has 1 atom stereocenters. The van der Waals surface area contributed by atoms with E-state index in [1.165, 1.54) is 4.90 Å². The van der Waals surface area contributed by atoms with Crippen molar-refractivity contribution in [2.24, 2.45) is 0 Å². The van der Waals surface area contributed by atoms with Crippen LogP contribution in [0.5, 0.6) is 0 Å². The molecule has 1 aromatic rings. The van der Waals surface area contributed by atoms with Crippen molar-refractivity contribution in [3.63, 3.8) is 0 Å². The maximum absolute atomic E-state index is 12.8. The second-order valence-corrected chi connectivity index (χ2v) is 5.96. The van der Waals surface area contributed by atoms with Crippen molar-refractivity contribution >= 4 is 23.5 Å². The highest BCUT2D eigenvalue weighted by molar-refractivity contribution is 6.31. The number of carbonyl (C=O) groups is 2. The highest BCUT2D eigenvalue weighted by Gasteiger charge is 2.38. The van der Waals surface area contributed by atoms with Crippen LogP contribution in [0.4, 0.5) is 0 Å². The number of nitrogens with zero attached hydrogens (tertiary/aromatic N) is 1. The smallest absolute Gasteiger partial charge is 0.334 e. The zero-order valence-electron chi connectivity index (χ0n) is 12.0. The van der Waals surface area contributed by atoms with Crippen molar-refractivity contribution < 1.29 is 19.4 Å². The van der Waals surface area contributed by atoms with Crippen molar-refractivity contribution in [2.75, 3.05) is 19.7 Å². The third-order valence-electron chi connectivity index (χ3n) is 3.71. The lowest BCUT2D eigenvalue weighted by atomic mass is 9.83. The zero-order valence-corrected chi connectivity index (χ0v) is 12.8. The number of hydrogen-bond donors (Lipinski definition) is 1. The van der Waals surface area contributed by atoms with Gasteiger partial charge in [-0.15, -0.1) is 0 Å². The molecular weight excluding hydrogens is 294 g/mol. The van der Waals surface area contributed by atoms with Gasteiger partial charge in [0, 0.05) is 11.6 Å². The maximum Gasteiger partial charge on any atom is 0.334 e. The molecule has 5 nitrogen and oxygen atoms in total. The van der Waals surface area contributed by atoms with Crippen molar-refractivity contribution in [2.45, 2.75) is 25.4 Å². The number of ether oxygens (including phenoxy) is 1. The second-order valence-electron chi connectivity index (χ2n) is 5.55. The van der Waals surface area contributed by atoms with E-state index in [9.17, 15) is 9.59 Å². The normalized spacial score (nSPS) is 19.4. The van der Waals surface area contributed by atoms with Crippen molar-refractivity contribution in [3.05, 3.63) is 34.9 Å². The van der Waals surface area contributed by atoms with Gasteiger partial charge in [0.15, 0.2) is 6.10 Å². The van der Waals surface area contributed by atoms with E-state index < -0.39 is 17.5 Å². The summed E-state index contributed by atoms with van der Waals surface area (Å²) >= 11 is 6.18. The Morgan fingerprint density at radius 2 is 2.05 bits per heavy atom. The highest BCUT2D eigenvalue weighted by Crippen LogP contribution is 2.32. The van der Waals surface area contributed by atoms with Gasteiger partial charge >= 0.3 is 5.97 Å². The zero-order chi connectivity index (χ0) is 15.6. The Hall–Kier alpha value is -1.59. The summed E-state index contributed by atoms with van der Waals surface area (Å²) in [6, 6.07) is 7.19. The van der Waals surface area contributed by atoms with Crippen LogP contribution in [-0.4, -0.2) is 47.7 Å². The number of morpholine rings is 1. The first-order valence-electron chi connectivity index (χ1n) is 6.73. The summed E-state index contributed by atoms with van der Waals surface area (Å²) in [5.74, 6) is -1.20. The number of benzene rings is 1. The Balaban J connectivity index is 2.22. The van der Waals surface area contributed by atoms with E-state index in [4.69, 9.17) is 21.4 Å². The Morgan fingerprint density at radius 3 is 2.67 bits per heavy atom. The van der Waals surface area contributed by atoms with Gasteiger partial charge in [-0.2, -0.15) is 0 Å². The summed E-state index contributed by atoms with van der Waals surface area (Å²) in [7, 11) is 0. The minimum atomic E-state index is -1.05. The third-order valence-corrected chi connectivity index (χ3v) is 4.04. The van der Waals surface area contributed by atoms with Crippen molar-refractivity contribution in [1.82, 2.24) is 4.90 Å². The number of carboxylic acids is 1. The number of amides is 1. The Bertz CT molecular complexity index is 558. The molecule has 0 bridgehead atoms. The molecule has 1 aromatic carbocycles. The standard InChI is InChI=1S/C15H18ClNO4/c1-15(2,10-5-3-4-6-11(10)16)14(20)17-7-8-21-12(9-17)13(18)19/h3-6,12H,7-9H2,1-2H3,(H,18,19)/t12-/m1/s1. The van der Waals surface area contributed by atoms with Crippen LogP contribution in [0.3, 0.4) is 0 Å². The number of carboxylic acid groups (broad SMARTS) is 1. The first-order chi connectivity index (χ1) is 9.84. The van der Waals surface area contributed by atoms with Gasteiger partial charge in [0.05, 0.1) is 18.6 Å². The fourth-order valence-electron chi connectivity index (χ4n) is 2.46. The summed E-state index contributed by atoms with van der Waals surface area (Å²) in [5, 5.41) is 9.54. The predicted molar refractivity (Wildman–Crippen MR) is 78.4 cm³/mol. The fourth-order valence-corrected chi connectivity index (χ4v) is 2.83. The van der Waals surface area contributed by atoms with E-state index in [2.05, 4.69) is 0 Å². The number of hydrogen-bond acceptors (Lipinski definition) is 3. The fraction of sp³-hybridized carbons (Fsp3) is 0.467. The SMILES string of the molecule is CC(C)(C(=O)N1CCO[C@@H](C(=O)O)C1)c1ccccc1Cl. The lowest BCUT2D eigenvalue weighted by Crippen LogP contribution is -2.53. The molecule has 0 saturated carbocycles. The molecule has 1 fully saturated rings. The molecule has 1 amide bonds. The molecule has 2 rings (SSSR count). The molecule has 1 aliphatic heterocycles. The molecule has 1 saturated heterocycles. The lowest BCUT2D eigenvalue weighted by Gasteiger charge is -2.36. The predicted octanol–water partition coefficient (Wildman–Crippen LogP) is 1.93. The summed E-state index contributed by atoms with van der Waals surface area (Å²) in [5.41, 5.74) is -0.0892. The number of rotatable bonds is 3. The van der Waals surface area contributed by atoms with E-state index >= 15 is 0 Å². The molecule has 0 aromatic heterocycles. The summed E-state index contributed by atoms with van der Waals surface area (Å²) < 4.78 is 5.14. The van der Waals surface area contributed by atoms with E-state index in [0.29, 0.717) is 11.6 Å². The molecule has 21 heavy (non-hydrogen) atoms. The van der Waals surface area contributed by atoms with Crippen LogP contribution in [0.1, 0.15) is 19.4 Å². The quantitative estimate of drug-likeness (QED) is 0.926. The third kappa shape index (κ3) is 3.19. The monoisotopic (exact) mass is 311 g/mol. The van der Waals surface area contributed by atoms with Gasteiger partial charge in [0.1, 0.15) is 0 Å². The molecule has 0 aliphatic carbocycles. The average molecular weight is 312 g/mol. The van der Waals surface area contributed by atoms with E-state index in [-0.39, 0.29) is 19.1 Å². The van der Waals surface area contributed by atoms with Crippen LogP contribution in [0, 0.1) is 0 Å². The highest BCUT2D eigenvalue weighted by atomic mass is 35.5. The molecule has 114 valence electrons. The molecule has 1 aliphatic rings. The van der Waals surface area contributed by atoms with Crippen molar-refractivity contribution in [3.8, 4) is 0 Å². The topological polar surface area (TPSA) is 66.8 Å². The van der Waals surface area contributed by atoms with Crippen LogP contribution in [0.15, 0.2) is 24.3 Å². The van der Waals surface area contributed by atoms with Gasteiger partial charge < -0.3 is 14.7 Å². The van der Waals surface area contributed by atoms with Gasteiger partial charge in [0.25, 0.3) is 0 Å². The van der Waals surface area contributed by atoms with Gasteiger partial charge in [-0.3, -0.25) is 4.79 Å². The molecule has 1 heterocycles. The van der Waals surface area contributed by atoms with E-state index in [1.807, 2.05) is 18.2 Å². The first-order valence-corrected chi connectivity index (χ1v) is 7.10. The second kappa shape index (κ2) is 6.03. The number of carbonyl (C=O) groups excluding carboxylic acids is 1. The minimum Gasteiger partial charge on any atom is -0.479 e. The van der Waals surface area contributed by atoms with Gasteiger partial charge in [0.2, 0.25) is 5.91 Å². The number of aliphatic carboxylic acids is 1. The molecule has 1 N–H and O–H groups in total. The van der Waals surface area contributed by atoms with Gasteiger partial charge in [-0.05, 0) is 25.5 Å². The Kier molecular flexibility index (Phi) is 4.54. The summed E-state index contributed by atoms with van der Waals surface area (Å²) in [6.07, 6.45) is -0.968. The number of halogens is 1. The van der Waals surface area contributed by atoms with Crippen LogP contribution < -0.4 is 0 Å². The Labute approximate surface area is 128 Å². The average Bonchev–Trinajstić information content (AvgIpc) is 2.46. The first kappa shape index (κ1) is 15.8. The van der Waals surface area contributed by atoms with Crippen LogP contribution in [-0.2, 0) is 19.7 Å². The largest absolute Gasteiger partial charge is 0.479 e. The molecule has 0 radical (unpaired) electrons. The van der Waals surface area contributed by atoms with Gasteiger partial charge in [-0.25, -0.2) is 4.79 Å². The van der Waals surface area contributed by atoms with Crippen LogP contribution in [0.2, 0.25) is 5.02 Å². The maximum atomic E-state index is 12.8.